The van der Waals surface area contributed by atoms with Crippen molar-refractivity contribution >= 4 is 11.9 Å². The Hall–Kier alpha value is -1.14. The minimum absolute atomic E-state index is 0.649. The summed E-state index contributed by atoms with van der Waals surface area (Å²) in [4.78, 5) is 20.5. The van der Waals surface area contributed by atoms with Gasteiger partial charge in [0.25, 0.3) is 0 Å². The molecule has 0 aromatic carbocycles. The van der Waals surface area contributed by atoms with E-state index in [1.54, 1.807) is 0 Å². The van der Waals surface area contributed by atoms with Crippen molar-refractivity contribution in [2.24, 2.45) is 0 Å². The Morgan fingerprint density at radius 1 is 1.50 bits per heavy atom. The lowest BCUT2D eigenvalue weighted by Gasteiger charge is -2.23. The van der Waals surface area contributed by atoms with Crippen molar-refractivity contribution < 1.29 is 24.5 Å². The van der Waals surface area contributed by atoms with Crippen LogP contribution in [0.25, 0.3) is 0 Å². The second-order valence-corrected chi connectivity index (χ2v) is 2.27. The Morgan fingerprint density at radius 2 is 2.00 bits per heavy atom. The second-order valence-electron chi connectivity index (χ2n) is 2.27. The summed E-state index contributed by atoms with van der Waals surface area (Å²) in [5.74, 6) is -2.47. The van der Waals surface area contributed by atoms with Gasteiger partial charge in [0, 0.05) is 0 Å². The molecule has 0 aromatic heterocycles. The highest BCUT2D eigenvalue weighted by Gasteiger charge is 2.32. The lowest BCUT2D eigenvalue weighted by Crippen LogP contribution is -2.50. The van der Waals surface area contributed by atoms with Crippen LogP contribution in [0.4, 0.5) is 0 Å². The molecule has 0 fully saturated rings. The van der Waals surface area contributed by atoms with Crippen molar-refractivity contribution in [2.45, 2.75) is 12.6 Å². The van der Waals surface area contributed by atoms with Crippen LogP contribution in [0.2, 0.25) is 0 Å². The van der Waals surface area contributed by atoms with Gasteiger partial charge in [-0.15, -0.1) is 0 Å². The third kappa shape index (κ3) is 2.85. The van der Waals surface area contributed by atoms with Gasteiger partial charge in [0.1, 0.15) is 6.61 Å². The molecule has 1 atom stereocenters. The van der Waals surface area contributed by atoms with Crippen LogP contribution in [0.5, 0.6) is 0 Å². The van der Waals surface area contributed by atoms with E-state index in [1.165, 1.54) is 14.0 Å². The number of likely N-dealkylation sites (N-methyl/N-ethyl adjacent to an activating group) is 1. The Labute approximate surface area is 69.1 Å². The molecule has 0 aliphatic rings. The average molecular weight is 177 g/mol. The monoisotopic (exact) mass is 177 g/mol. The largest absolute Gasteiger partial charge is 0.480 e. The summed E-state index contributed by atoms with van der Waals surface area (Å²) in [7, 11) is 1.37. The summed E-state index contributed by atoms with van der Waals surface area (Å²) in [6.07, 6.45) is 0. The van der Waals surface area contributed by atoms with Gasteiger partial charge in [-0.1, -0.05) is 0 Å². The van der Waals surface area contributed by atoms with Gasteiger partial charge in [-0.25, -0.2) is 9.59 Å². The first-order chi connectivity index (χ1) is 5.42. The molecule has 0 bridgehead atoms. The maximum Gasteiger partial charge on any atom is 0.351 e. The third-order valence-electron chi connectivity index (χ3n) is 1.37. The average Bonchev–Trinajstić information content (AvgIpc) is 1.99. The summed E-state index contributed by atoms with van der Waals surface area (Å²) in [6.45, 7) is 0.585. The van der Waals surface area contributed by atoms with E-state index in [2.05, 4.69) is 10.1 Å². The Kier molecular flexibility index (Phi) is 3.65. The van der Waals surface area contributed by atoms with Gasteiger partial charge in [-0.3, -0.25) is 5.32 Å². The molecule has 0 rings (SSSR count). The highest BCUT2D eigenvalue weighted by molar-refractivity contribution is 5.77. The SMILES string of the molecule is CNC(C)(OCC(=O)O)C(=O)O. The van der Waals surface area contributed by atoms with Crippen LogP contribution in [0.1, 0.15) is 6.92 Å². The summed E-state index contributed by atoms with van der Waals surface area (Å²) >= 11 is 0. The molecule has 1 unspecified atom stereocenters. The Morgan fingerprint density at radius 3 is 2.25 bits per heavy atom. The molecule has 3 N–H and O–H groups in total. The predicted molar refractivity (Wildman–Crippen MR) is 38.7 cm³/mol. The van der Waals surface area contributed by atoms with Crippen molar-refractivity contribution in [2.75, 3.05) is 13.7 Å². The Balaban J connectivity index is 4.15. The fourth-order valence-electron chi connectivity index (χ4n) is 0.447. The predicted octanol–water partition coefficient (Wildman–Crippen LogP) is -0.892. The molecule has 70 valence electrons. The molecular weight excluding hydrogens is 166 g/mol. The maximum absolute atomic E-state index is 10.5. The molecule has 0 aliphatic heterocycles. The number of hydrogen-bond acceptors (Lipinski definition) is 4. The fraction of sp³-hybridized carbons (Fsp3) is 0.667. The molecule has 12 heavy (non-hydrogen) atoms. The molecule has 0 radical (unpaired) electrons. The smallest absolute Gasteiger partial charge is 0.351 e. The number of hydrogen-bond donors (Lipinski definition) is 3. The molecule has 6 heteroatoms. The standard InChI is InChI=1S/C6H11NO5/c1-6(7-2,5(10)11)12-3-4(8)9/h7H,3H2,1-2H3,(H,8,9)(H,10,11). The number of ether oxygens (including phenoxy) is 1. The van der Waals surface area contributed by atoms with Crippen LogP contribution in [-0.2, 0) is 14.3 Å². The molecule has 0 heterocycles. The van der Waals surface area contributed by atoms with Crippen molar-refractivity contribution in [1.29, 1.82) is 0 Å². The van der Waals surface area contributed by atoms with E-state index < -0.39 is 24.3 Å². The van der Waals surface area contributed by atoms with Crippen LogP contribution in [0.15, 0.2) is 0 Å². The summed E-state index contributed by atoms with van der Waals surface area (Å²) < 4.78 is 4.59. The van der Waals surface area contributed by atoms with Gasteiger partial charge in [0.05, 0.1) is 0 Å². The molecule has 6 nitrogen and oxygen atoms in total. The van der Waals surface area contributed by atoms with Crippen LogP contribution < -0.4 is 5.32 Å². The van der Waals surface area contributed by atoms with E-state index >= 15 is 0 Å². The van der Waals surface area contributed by atoms with E-state index in [9.17, 15) is 9.59 Å². The van der Waals surface area contributed by atoms with Crippen LogP contribution in [0.3, 0.4) is 0 Å². The number of carboxylic acid groups (broad SMARTS) is 2. The number of nitrogens with one attached hydrogen (secondary N) is 1. The molecule has 0 aliphatic carbocycles. The van der Waals surface area contributed by atoms with Gasteiger partial charge in [-0.05, 0) is 14.0 Å². The normalized spacial score (nSPS) is 15.2. The minimum Gasteiger partial charge on any atom is -0.480 e. The zero-order valence-corrected chi connectivity index (χ0v) is 6.83. The lowest BCUT2D eigenvalue weighted by molar-refractivity contribution is -0.172. The van der Waals surface area contributed by atoms with Crippen molar-refractivity contribution in [1.82, 2.24) is 5.32 Å². The number of aliphatic carboxylic acids is 2. The Bertz CT molecular complexity index is 192. The second kappa shape index (κ2) is 4.03. The van der Waals surface area contributed by atoms with Crippen LogP contribution in [0, 0.1) is 0 Å². The lowest BCUT2D eigenvalue weighted by atomic mass is 10.3. The maximum atomic E-state index is 10.5. The first-order valence-electron chi connectivity index (χ1n) is 3.20. The highest BCUT2D eigenvalue weighted by Crippen LogP contribution is 2.04. The molecule has 0 saturated heterocycles. The van der Waals surface area contributed by atoms with Crippen LogP contribution >= 0.6 is 0 Å². The van der Waals surface area contributed by atoms with Crippen molar-refractivity contribution in [3.05, 3.63) is 0 Å². The molecule has 0 amide bonds. The molecule has 0 aromatic rings. The molecule has 0 saturated carbocycles. The van der Waals surface area contributed by atoms with E-state index in [4.69, 9.17) is 10.2 Å². The van der Waals surface area contributed by atoms with Crippen molar-refractivity contribution in [3.8, 4) is 0 Å². The first-order valence-corrected chi connectivity index (χ1v) is 3.20. The quantitative estimate of drug-likeness (QED) is 0.471. The van der Waals surface area contributed by atoms with Gasteiger partial charge < -0.3 is 14.9 Å². The highest BCUT2D eigenvalue weighted by atomic mass is 16.6. The van der Waals surface area contributed by atoms with E-state index in [0.29, 0.717) is 0 Å². The molecule has 0 spiro atoms. The zero-order valence-electron chi connectivity index (χ0n) is 6.83. The van der Waals surface area contributed by atoms with Gasteiger partial charge in [0.2, 0.25) is 5.72 Å². The van der Waals surface area contributed by atoms with Gasteiger partial charge in [-0.2, -0.15) is 0 Å². The number of rotatable bonds is 5. The van der Waals surface area contributed by atoms with Crippen LogP contribution in [-0.4, -0.2) is 41.5 Å². The summed E-state index contributed by atoms with van der Waals surface area (Å²) in [6, 6.07) is 0. The van der Waals surface area contributed by atoms with E-state index in [-0.39, 0.29) is 0 Å². The van der Waals surface area contributed by atoms with E-state index in [1.807, 2.05) is 0 Å². The molecular formula is C6H11NO5. The van der Waals surface area contributed by atoms with Crippen molar-refractivity contribution in [3.63, 3.8) is 0 Å². The fourth-order valence-corrected chi connectivity index (χ4v) is 0.447. The summed E-state index contributed by atoms with van der Waals surface area (Å²) in [5.41, 5.74) is -1.64. The third-order valence-corrected chi connectivity index (χ3v) is 1.37. The van der Waals surface area contributed by atoms with E-state index in [0.717, 1.165) is 0 Å². The first kappa shape index (κ1) is 10.9. The van der Waals surface area contributed by atoms with Gasteiger partial charge >= 0.3 is 11.9 Å². The zero-order chi connectivity index (χ0) is 9.78. The van der Waals surface area contributed by atoms with Gasteiger partial charge in [0.15, 0.2) is 0 Å². The number of carboxylic acids is 2. The minimum atomic E-state index is -1.64. The summed E-state index contributed by atoms with van der Waals surface area (Å²) in [5, 5.41) is 19.1. The topological polar surface area (TPSA) is 95.9 Å². The number of carbonyl (C=O) groups is 2.